The lowest BCUT2D eigenvalue weighted by atomic mass is 10.1. The lowest BCUT2D eigenvalue weighted by molar-refractivity contribution is -0.140. The summed E-state index contributed by atoms with van der Waals surface area (Å²) in [4.78, 5) is 28.0. The molecular weight excluding hydrogens is 335 g/mol. The third-order valence-electron chi connectivity index (χ3n) is 4.36. The molecule has 1 fully saturated rings. The minimum atomic E-state index is -0.314. The average molecular weight is 356 g/mol. The summed E-state index contributed by atoms with van der Waals surface area (Å²) >= 11 is 0. The van der Waals surface area contributed by atoms with E-state index in [1.807, 2.05) is 18.2 Å². The summed E-state index contributed by atoms with van der Waals surface area (Å²) in [7, 11) is 0. The van der Waals surface area contributed by atoms with Gasteiger partial charge in [0.1, 0.15) is 11.6 Å². The van der Waals surface area contributed by atoms with E-state index in [4.69, 9.17) is 4.74 Å². The highest BCUT2D eigenvalue weighted by Gasteiger charge is 2.24. The van der Waals surface area contributed by atoms with Gasteiger partial charge in [-0.1, -0.05) is 30.3 Å². The highest BCUT2D eigenvalue weighted by Crippen LogP contribution is 2.11. The van der Waals surface area contributed by atoms with Gasteiger partial charge in [0.05, 0.1) is 6.42 Å². The van der Waals surface area contributed by atoms with Crippen molar-refractivity contribution in [1.29, 1.82) is 0 Å². The van der Waals surface area contributed by atoms with E-state index >= 15 is 0 Å². The number of nitrogens with zero attached hydrogens (tertiary/aromatic N) is 2. The predicted octanol–water partition coefficient (Wildman–Crippen LogP) is 2.12. The van der Waals surface area contributed by atoms with Gasteiger partial charge in [-0.3, -0.25) is 9.59 Å². The molecule has 0 radical (unpaired) electrons. The van der Waals surface area contributed by atoms with Crippen LogP contribution < -0.4 is 4.74 Å². The number of carbonyl (C=O) groups excluding carboxylic acids is 2. The zero-order chi connectivity index (χ0) is 18.4. The van der Waals surface area contributed by atoms with Gasteiger partial charge in [0.25, 0.3) is 5.91 Å². The second-order valence-electron chi connectivity index (χ2n) is 6.17. The molecule has 2 aromatic rings. The van der Waals surface area contributed by atoms with Crippen molar-refractivity contribution >= 4 is 11.8 Å². The average Bonchev–Trinajstić information content (AvgIpc) is 2.69. The van der Waals surface area contributed by atoms with Gasteiger partial charge in [-0.15, -0.1) is 0 Å². The van der Waals surface area contributed by atoms with E-state index in [1.54, 1.807) is 34.1 Å². The van der Waals surface area contributed by atoms with Crippen LogP contribution in [0.15, 0.2) is 54.6 Å². The Hall–Kier alpha value is -2.89. The Balaban J connectivity index is 1.43. The van der Waals surface area contributed by atoms with Crippen LogP contribution in [0.5, 0.6) is 5.75 Å². The number of carbonyl (C=O) groups is 2. The van der Waals surface area contributed by atoms with Crippen molar-refractivity contribution in [2.75, 3.05) is 32.8 Å². The fourth-order valence-corrected chi connectivity index (χ4v) is 2.85. The maximum atomic E-state index is 12.9. The molecule has 136 valence electrons. The second-order valence-corrected chi connectivity index (χ2v) is 6.17. The minimum Gasteiger partial charge on any atom is -0.484 e. The van der Waals surface area contributed by atoms with Crippen LogP contribution in [0.25, 0.3) is 0 Å². The Kier molecular flexibility index (Phi) is 5.84. The minimum absolute atomic E-state index is 0.00641. The van der Waals surface area contributed by atoms with E-state index in [1.165, 1.54) is 12.1 Å². The van der Waals surface area contributed by atoms with Crippen LogP contribution in [0.3, 0.4) is 0 Å². The molecule has 1 saturated heterocycles. The van der Waals surface area contributed by atoms with Crippen molar-refractivity contribution in [1.82, 2.24) is 9.80 Å². The quantitative estimate of drug-likeness (QED) is 0.825. The standard InChI is InChI=1S/C20H21FN2O3/c21-17-8-6-16(7-9-17)14-19(24)22-10-12-23(13-11-22)20(25)15-26-18-4-2-1-3-5-18/h1-9H,10-15H2. The normalized spacial score (nSPS) is 14.2. The third-order valence-corrected chi connectivity index (χ3v) is 4.36. The van der Waals surface area contributed by atoms with Crippen LogP contribution in [-0.2, 0) is 16.0 Å². The Morgan fingerprint density at radius 2 is 1.42 bits per heavy atom. The molecule has 6 heteroatoms. The number of amides is 2. The number of hydrogen-bond acceptors (Lipinski definition) is 3. The molecular formula is C20H21FN2O3. The summed E-state index contributed by atoms with van der Waals surface area (Å²) in [5.74, 6) is 0.253. The Morgan fingerprint density at radius 1 is 0.846 bits per heavy atom. The molecule has 26 heavy (non-hydrogen) atoms. The molecule has 1 aliphatic rings. The molecule has 5 nitrogen and oxygen atoms in total. The lowest BCUT2D eigenvalue weighted by Gasteiger charge is -2.34. The van der Waals surface area contributed by atoms with Gasteiger partial charge in [0.15, 0.2) is 6.61 Å². The summed E-state index contributed by atoms with van der Waals surface area (Å²) in [5, 5.41) is 0. The monoisotopic (exact) mass is 356 g/mol. The predicted molar refractivity (Wildman–Crippen MR) is 95.2 cm³/mol. The fourth-order valence-electron chi connectivity index (χ4n) is 2.85. The summed E-state index contributed by atoms with van der Waals surface area (Å²) in [6, 6.07) is 15.1. The Labute approximate surface area is 152 Å². The Morgan fingerprint density at radius 3 is 2.04 bits per heavy atom. The van der Waals surface area contributed by atoms with E-state index in [2.05, 4.69) is 0 Å². The molecule has 0 aliphatic carbocycles. The molecule has 1 aliphatic heterocycles. The van der Waals surface area contributed by atoms with Crippen LogP contribution in [0.2, 0.25) is 0 Å². The molecule has 2 amide bonds. The van der Waals surface area contributed by atoms with Gasteiger partial charge in [-0.2, -0.15) is 0 Å². The number of para-hydroxylation sites is 1. The first kappa shape index (κ1) is 17.9. The first-order chi connectivity index (χ1) is 12.6. The van der Waals surface area contributed by atoms with Crippen molar-refractivity contribution in [3.05, 3.63) is 66.0 Å². The number of rotatable bonds is 5. The third kappa shape index (κ3) is 4.81. The lowest BCUT2D eigenvalue weighted by Crippen LogP contribution is -2.52. The summed E-state index contributed by atoms with van der Waals surface area (Å²) in [6.07, 6.45) is 0.241. The van der Waals surface area contributed by atoms with Gasteiger partial charge in [0, 0.05) is 26.2 Å². The molecule has 0 unspecified atom stereocenters. The van der Waals surface area contributed by atoms with Gasteiger partial charge in [-0.05, 0) is 29.8 Å². The highest BCUT2D eigenvalue weighted by molar-refractivity contribution is 5.80. The zero-order valence-electron chi connectivity index (χ0n) is 14.4. The van der Waals surface area contributed by atoms with Crippen LogP contribution in [0.1, 0.15) is 5.56 Å². The number of piperazine rings is 1. The Bertz CT molecular complexity index is 741. The van der Waals surface area contributed by atoms with Crippen molar-refractivity contribution in [2.45, 2.75) is 6.42 Å². The van der Waals surface area contributed by atoms with Crippen LogP contribution in [0.4, 0.5) is 4.39 Å². The summed E-state index contributed by atoms with van der Waals surface area (Å²) in [6.45, 7) is 1.97. The van der Waals surface area contributed by atoms with Crippen LogP contribution >= 0.6 is 0 Å². The van der Waals surface area contributed by atoms with E-state index in [-0.39, 0.29) is 30.7 Å². The largest absolute Gasteiger partial charge is 0.484 e. The SMILES string of the molecule is O=C(COc1ccccc1)N1CCN(C(=O)Cc2ccc(F)cc2)CC1. The maximum Gasteiger partial charge on any atom is 0.260 e. The number of hydrogen-bond donors (Lipinski definition) is 0. The van der Waals surface area contributed by atoms with Crippen LogP contribution in [-0.4, -0.2) is 54.4 Å². The molecule has 0 aromatic heterocycles. The fraction of sp³-hybridized carbons (Fsp3) is 0.300. The first-order valence-electron chi connectivity index (χ1n) is 8.59. The molecule has 2 aromatic carbocycles. The van der Waals surface area contributed by atoms with Gasteiger partial charge >= 0.3 is 0 Å². The topological polar surface area (TPSA) is 49.9 Å². The van der Waals surface area contributed by atoms with E-state index in [0.29, 0.717) is 31.9 Å². The number of ether oxygens (including phenoxy) is 1. The summed E-state index contributed by atoms with van der Waals surface area (Å²) < 4.78 is 18.4. The van der Waals surface area contributed by atoms with Crippen molar-refractivity contribution in [2.24, 2.45) is 0 Å². The van der Waals surface area contributed by atoms with Crippen molar-refractivity contribution in [3.63, 3.8) is 0 Å². The highest BCUT2D eigenvalue weighted by atomic mass is 19.1. The molecule has 0 N–H and O–H groups in total. The van der Waals surface area contributed by atoms with E-state index < -0.39 is 0 Å². The van der Waals surface area contributed by atoms with Crippen molar-refractivity contribution < 1.29 is 18.7 Å². The molecule has 0 spiro atoms. The maximum absolute atomic E-state index is 12.9. The summed E-state index contributed by atoms with van der Waals surface area (Å²) in [5.41, 5.74) is 0.783. The van der Waals surface area contributed by atoms with Crippen LogP contribution in [0, 0.1) is 5.82 Å². The molecule has 0 saturated carbocycles. The van der Waals surface area contributed by atoms with E-state index in [0.717, 1.165) is 5.56 Å². The molecule has 0 bridgehead atoms. The number of benzene rings is 2. The molecule has 1 heterocycles. The van der Waals surface area contributed by atoms with Gasteiger partial charge in [-0.25, -0.2) is 4.39 Å². The second kappa shape index (κ2) is 8.47. The van der Waals surface area contributed by atoms with E-state index in [9.17, 15) is 14.0 Å². The smallest absolute Gasteiger partial charge is 0.260 e. The molecule has 0 atom stereocenters. The van der Waals surface area contributed by atoms with Gasteiger partial charge in [0.2, 0.25) is 5.91 Å². The number of halogens is 1. The van der Waals surface area contributed by atoms with Crippen molar-refractivity contribution in [3.8, 4) is 5.75 Å². The first-order valence-corrected chi connectivity index (χ1v) is 8.59. The molecule has 3 rings (SSSR count). The zero-order valence-corrected chi connectivity index (χ0v) is 14.4. The van der Waals surface area contributed by atoms with Gasteiger partial charge < -0.3 is 14.5 Å².